The first-order chi connectivity index (χ1) is 13.6. The number of nitro groups is 1. The molecule has 1 saturated heterocycles. The number of nitro benzene ring substituents is 1. The van der Waals surface area contributed by atoms with Gasteiger partial charge >= 0.3 is 0 Å². The number of carbonyl (C=O) groups excluding carboxylic acids is 1. The van der Waals surface area contributed by atoms with E-state index in [1.165, 1.54) is 17.2 Å². The lowest BCUT2D eigenvalue weighted by molar-refractivity contribution is -0.384. The number of non-ortho nitro benzene ring substituents is 1. The lowest BCUT2D eigenvalue weighted by Crippen LogP contribution is -2.50. The number of benzene rings is 2. The Bertz CT molecular complexity index is 877. The number of anilines is 1. The number of carbonyl (C=O) groups is 1. The number of hydrogen-bond acceptors (Lipinski definition) is 5. The summed E-state index contributed by atoms with van der Waals surface area (Å²) >= 11 is 0. The molecule has 0 unspecified atom stereocenters. The molecule has 0 aliphatic carbocycles. The van der Waals surface area contributed by atoms with Gasteiger partial charge in [-0.25, -0.2) is 0 Å². The second kappa shape index (κ2) is 7.98. The molecule has 0 aromatic heterocycles. The highest BCUT2D eigenvalue weighted by Gasteiger charge is 2.25. The first-order valence-electron chi connectivity index (χ1n) is 9.66. The summed E-state index contributed by atoms with van der Waals surface area (Å²) in [5.74, 6) is 0.179. The zero-order valence-electron chi connectivity index (χ0n) is 15.8. The fraction of sp³-hybridized carbons (Fsp3) is 0.381. The van der Waals surface area contributed by atoms with Crippen molar-refractivity contribution in [2.24, 2.45) is 0 Å². The van der Waals surface area contributed by atoms with E-state index >= 15 is 0 Å². The zero-order valence-corrected chi connectivity index (χ0v) is 15.8. The SMILES string of the molecule is O=C(CN1CCN(c2cccc([N+](=O)[O-])c2)CC1)N1CCc2ccccc2C1. The van der Waals surface area contributed by atoms with Crippen LogP contribution in [-0.2, 0) is 17.8 Å². The summed E-state index contributed by atoms with van der Waals surface area (Å²) in [5.41, 5.74) is 3.57. The number of rotatable bonds is 4. The molecule has 2 aromatic rings. The van der Waals surface area contributed by atoms with E-state index < -0.39 is 0 Å². The highest BCUT2D eigenvalue weighted by Crippen LogP contribution is 2.23. The van der Waals surface area contributed by atoms with Crippen molar-refractivity contribution in [2.75, 3.05) is 44.2 Å². The highest BCUT2D eigenvalue weighted by molar-refractivity contribution is 5.78. The van der Waals surface area contributed by atoms with Crippen LogP contribution in [0.2, 0.25) is 0 Å². The molecule has 146 valence electrons. The largest absolute Gasteiger partial charge is 0.369 e. The Kier molecular flexibility index (Phi) is 5.25. The molecule has 28 heavy (non-hydrogen) atoms. The van der Waals surface area contributed by atoms with E-state index in [9.17, 15) is 14.9 Å². The summed E-state index contributed by atoms with van der Waals surface area (Å²) in [4.78, 5) is 29.6. The first-order valence-corrected chi connectivity index (χ1v) is 9.66. The maximum absolute atomic E-state index is 12.7. The van der Waals surface area contributed by atoms with Crippen molar-refractivity contribution in [3.63, 3.8) is 0 Å². The molecule has 4 rings (SSSR count). The van der Waals surface area contributed by atoms with Crippen LogP contribution in [0.25, 0.3) is 0 Å². The quantitative estimate of drug-likeness (QED) is 0.601. The molecule has 1 fully saturated rings. The molecule has 2 aliphatic rings. The summed E-state index contributed by atoms with van der Waals surface area (Å²) in [6, 6.07) is 15.1. The van der Waals surface area contributed by atoms with E-state index in [0.29, 0.717) is 13.1 Å². The number of nitrogens with zero attached hydrogens (tertiary/aromatic N) is 4. The van der Waals surface area contributed by atoms with Gasteiger partial charge < -0.3 is 9.80 Å². The van der Waals surface area contributed by atoms with Crippen LogP contribution in [0, 0.1) is 10.1 Å². The van der Waals surface area contributed by atoms with Crippen molar-refractivity contribution >= 4 is 17.3 Å². The second-order valence-corrected chi connectivity index (χ2v) is 7.37. The van der Waals surface area contributed by atoms with Gasteiger partial charge in [0.25, 0.3) is 5.69 Å². The first kappa shape index (κ1) is 18.4. The monoisotopic (exact) mass is 380 g/mol. The Morgan fingerprint density at radius 3 is 2.46 bits per heavy atom. The molecule has 0 radical (unpaired) electrons. The number of hydrogen-bond donors (Lipinski definition) is 0. The van der Waals surface area contributed by atoms with Gasteiger partial charge in [-0.1, -0.05) is 30.3 Å². The third-order valence-corrected chi connectivity index (χ3v) is 5.62. The highest BCUT2D eigenvalue weighted by atomic mass is 16.6. The van der Waals surface area contributed by atoms with Crippen molar-refractivity contribution in [1.82, 2.24) is 9.80 Å². The van der Waals surface area contributed by atoms with Gasteiger partial charge in [0.1, 0.15) is 0 Å². The predicted molar refractivity (Wildman–Crippen MR) is 107 cm³/mol. The maximum atomic E-state index is 12.7. The van der Waals surface area contributed by atoms with Gasteiger partial charge in [0, 0.05) is 57.1 Å². The zero-order chi connectivity index (χ0) is 19.5. The Hall–Kier alpha value is -2.93. The summed E-state index contributed by atoms with van der Waals surface area (Å²) in [5, 5.41) is 11.0. The minimum absolute atomic E-state index is 0.112. The fourth-order valence-electron chi connectivity index (χ4n) is 3.97. The van der Waals surface area contributed by atoms with Crippen LogP contribution in [0.3, 0.4) is 0 Å². The van der Waals surface area contributed by atoms with E-state index in [1.807, 2.05) is 17.0 Å². The Morgan fingerprint density at radius 2 is 1.71 bits per heavy atom. The number of piperazine rings is 1. The predicted octanol–water partition coefficient (Wildman–Crippen LogP) is 2.30. The van der Waals surface area contributed by atoms with Crippen LogP contribution in [0.5, 0.6) is 0 Å². The molecule has 0 N–H and O–H groups in total. The lowest BCUT2D eigenvalue weighted by Gasteiger charge is -2.37. The van der Waals surface area contributed by atoms with Crippen LogP contribution in [0.1, 0.15) is 11.1 Å². The summed E-state index contributed by atoms with van der Waals surface area (Å²) in [6.45, 7) is 4.99. The van der Waals surface area contributed by atoms with Gasteiger partial charge in [-0.2, -0.15) is 0 Å². The van der Waals surface area contributed by atoms with E-state index in [4.69, 9.17) is 0 Å². The van der Waals surface area contributed by atoms with Crippen molar-refractivity contribution in [3.8, 4) is 0 Å². The van der Waals surface area contributed by atoms with Crippen molar-refractivity contribution in [3.05, 3.63) is 69.8 Å². The normalized spacial score (nSPS) is 17.3. The minimum Gasteiger partial charge on any atom is -0.369 e. The summed E-state index contributed by atoms with van der Waals surface area (Å²) in [6.07, 6.45) is 0.919. The Labute approximate surface area is 164 Å². The molecule has 7 nitrogen and oxygen atoms in total. The van der Waals surface area contributed by atoms with Gasteiger partial charge in [-0.3, -0.25) is 19.8 Å². The fourth-order valence-corrected chi connectivity index (χ4v) is 3.97. The van der Waals surface area contributed by atoms with E-state index in [2.05, 4.69) is 28.0 Å². The molecule has 0 saturated carbocycles. The van der Waals surface area contributed by atoms with E-state index in [0.717, 1.165) is 44.8 Å². The van der Waals surface area contributed by atoms with Crippen molar-refractivity contribution in [1.29, 1.82) is 0 Å². The molecule has 2 aliphatic heterocycles. The van der Waals surface area contributed by atoms with Crippen LogP contribution in [-0.4, -0.2) is 59.9 Å². The topological polar surface area (TPSA) is 69.9 Å². The molecule has 0 atom stereocenters. The average molecular weight is 380 g/mol. The third kappa shape index (κ3) is 3.99. The molecule has 2 heterocycles. The van der Waals surface area contributed by atoms with Crippen LogP contribution >= 0.6 is 0 Å². The molecular formula is C21H24N4O3. The van der Waals surface area contributed by atoms with Crippen LogP contribution < -0.4 is 4.90 Å². The van der Waals surface area contributed by atoms with Gasteiger partial charge in [0.2, 0.25) is 5.91 Å². The van der Waals surface area contributed by atoms with E-state index in [-0.39, 0.29) is 16.5 Å². The van der Waals surface area contributed by atoms with Gasteiger partial charge in [0.15, 0.2) is 0 Å². The number of fused-ring (bicyclic) bond motifs is 1. The lowest BCUT2D eigenvalue weighted by atomic mass is 10.00. The smallest absolute Gasteiger partial charge is 0.271 e. The molecular weight excluding hydrogens is 356 g/mol. The average Bonchev–Trinajstić information content (AvgIpc) is 2.74. The van der Waals surface area contributed by atoms with Gasteiger partial charge in [0.05, 0.1) is 11.5 Å². The summed E-state index contributed by atoms with van der Waals surface area (Å²) in [7, 11) is 0. The standard InChI is InChI=1S/C21H24N4O3/c26-21(24-9-8-17-4-1-2-5-18(17)15-24)16-22-10-12-23(13-11-22)19-6-3-7-20(14-19)25(27)28/h1-7,14H,8-13,15-16H2. The Balaban J connectivity index is 1.30. The molecule has 0 spiro atoms. The minimum atomic E-state index is -0.366. The maximum Gasteiger partial charge on any atom is 0.271 e. The molecule has 7 heteroatoms. The van der Waals surface area contributed by atoms with Crippen molar-refractivity contribution < 1.29 is 9.72 Å². The van der Waals surface area contributed by atoms with Crippen LogP contribution in [0.4, 0.5) is 11.4 Å². The summed E-state index contributed by atoms with van der Waals surface area (Å²) < 4.78 is 0. The second-order valence-electron chi connectivity index (χ2n) is 7.37. The number of amides is 1. The van der Waals surface area contributed by atoms with Gasteiger partial charge in [-0.05, 0) is 23.6 Å². The van der Waals surface area contributed by atoms with Crippen LogP contribution in [0.15, 0.2) is 48.5 Å². The van der Waals surface area contributed by atoms with E-state index in [1.54, 1.807) is 12.1 Å². The third-order valence-electron chi connectivity index (χ3n) is 5.62. The Morgan fingerprint density at radius 1 is 0.964 bits per heavy atom. The molecule has 0 bridgehead atoms. The van der Waals surface area contributed by atoms with Crippen molar-refractivity contribution in [2.45, 2.75) is 13.0 Å². The van der Waals surface area contributed by atoms with Gasteiger partial charge in [-0.15, -0.1) is 0 Å². The molecule has 2 aromatic carbocycles. The molecule has 1 amide bonds.